The molecule has 0 saturated heterocycles. The third-order valence-corrected chi connectivity index (χ3v) is 8.90. The van der Waals surface area contributed by atoms with Crippen molar-refractivity contribution in [3.8, 4) is 0 Å². The van der Waals surface area contributed by atoms with Gasteiger partial charge >= 0.3 is 0 Å². The number of nitrogens with zero attached hydrogens (tertiary/aromatic N) is 2. The minimum Gasteiger partial charge on any atom is -0.357 e. The van der Waals surface area contributed by atoms with Gasteiger partial charge in [0.15, 0.2) is 0 Å². The average molecular weight is 629 g/mol. The number of hydrogen-bond acceptors (Lipinski definition) is 4. The van der Waals surface area contributed by atoms with Crippen LogP contribution in [0.25, 0.3) is 0 Å². The summed E-state index contributed by atoms with van der Waals surface area (Å²) in [5, 5.41) is 2.88. The number of halogens is 3. The lowest BCUT2D eigenvalue weighted by atomic mass is 10.0. The average Bonchev–Trinajstić information content (AvgIpc) is 3.00. The molecule has 2 amide bonds. The van der Waals surface area contributed by atoms with Gasteiger partial charge in [-0.15, -0.1) is 0 Å². The van der Waals surface area contributed by atoms with Crippen LogP contribution in [0.15, 0.2) is 108 Å². The summed E-state index contributed by atoms with van der Waals surface area (Å²) in [6, 6.07) is 25.5. The van der Waals surface area contributed by atoms with Gasteiger partial charge in [0.1, 0.15) is 18.4 Å². The first kappa shape index (κ1) is 31.0. The zero-order valence-corrected chi connectivity index (χ0v) is 24.9. The van der Waals surface area contributed by atoms with Gasteiger partial charge in [-0.2, -0.15) is 0 Å². The summed E-state index contributed by atoms with van der Waals surface area (Å²) < 4.78 is 42.4. The molecule has 42 heavy (non-hydrogen) atoms. The highest BCUT2D eigenvalue weighted by Crippen LogP contribution is 2.33. The summed E-state index contributed by atoms with van der Waals surface area (Å²) in [5.41, 5.74) is 1.34. The number of hydrogen-bond donors (Lipinski definition) is 1. The van der Waals surface area contributed by atoms with E-state index in [0.29, 0.717) is 5.56 Å². The number of carbonyl (C=O) groups excluding carboxylic acids is 2. The van der Waals surface area contributed by atoms with Crippen molar-refractivity contribution in [1.29, 1.82) is 0 Å². The molecule has 7 nitrogen and oxygen atoms in total. The van der Waals surface area contributed by atoms with Crippen molar-refractivity contribution < 1.29 is 22.4 Å². The number of benzene rings is 4. The maximum Gasteiger partial charge on any atom is 0.264 e. The van der Waals surface area contributed by atoms with Crippen LogP contribution in [0.1, 0.15) is 11.1 Å². The van der Waals surface area contributed by atoms with Crippen LogP contribution in [-0.4, -0.2) is 44.8 Å². The Morgan fingerprint density at radius 3 is 2.10 bits per heavy atom. The normalized spacial score (nSPS) is 11.9. The van der Waals surface area contributed by atoms with E-state index in [9.17, 15) is 22.4 Å². The Morgan fingerprint density at radius 1 is 0.857 bits per heavy atom. The van der Waals surface area contributed by atoms with Gasteiger partial charge < -0.3 is 10.2 Å². The fourth-order valence-corrected chi connectivity index (χ4v) is 6.30. The molecule has 4 aromatic carbocycles. The third-order valence-electron chi connectivity index (χ3n) is 6.57. The molecule has 0 heterocycles. The van der Waals surface area contributed by atoms with E-state index in [4.69, 9.17) is 23.2 Å². The van der Waals surface area contributed by atoms with Crippen molar-refractivity contribution in [3.05, 3.63) is 130 Å². The van der Waals surface area contributed by atoms with Crippen molar-refractivity contribution in [3.63, 3.8) is 0 Å². The van der Waals surface area contributed by atoms with Crippen LogP contribution in [0.2, 0.25) is 10.0 Å². The summed E-state index contributed by atoms with van der Waals surface area (Å²) >= 11 is 12.7. The molecule has 0 spiro atoms. The lowest BCUT2D eigenvalue weighted by Gasteiger charge is -2.33. The van der Waals surface area contributed by atoms with Crippen molar-refractivity contribution >= 4 is 50.7 Å². The first-order valence-corrected chi connectivity index (χ1v) is 15.1. The minimum absolute atomic E-state index is 0.00246. The predicted octanol–water partition coefficient (Wildman–Crippen LogP) is 5.71. The molecule has 218 valence electrons. The molecule has 0 aliphatic rings. The number of nitrogens with one attached hydrogen (secondary N) is 1. The molecule has 0 fully saturated rings. The fourth-order valence-electron chi connectivity index (χ4n) is 4.42. The van der Waals surface area contributed by atoms with Crippen molar-refractivity contribution in [2.24, 2.45) is 0 Å². The number of likely N-dealkylation sites (N-methyl/N-ethyl adjacent to an activating group) is 1. The maximum atomic E-state index is 14.2. The van der Waals surface area contributed by atoms with E-state index in [-0.39, 0.29) is 33.6 Å². The molecule has 1 atom stereocenters. The standard InChI is InChI=1S/C31H28Cl2FN3O4S/c1-35-31(39)29(18-22-8-4-2-5-9-22)36(20-23-12-15-25(34)16-13-23)30(38)21-37(28-19-24(32)14-17-27(28)33)42(40,41)26-10-6-3-7-11-26/h2-17,19,29H,18,20-21H2,1H3,(H,35,39)/t29-/m1/s1. The van der Waals surface area contributed by atoms with Gasteiger partial charge in [0.25, 0.3) is 10.0 Å². The number of sulfonamides is 1. The molecule has 0 aliphatic carbocycles. The van der Waals surface area contributed by atoms with E-state index >= 15 is 0 Å². The van der Waals surface area contributed by atoms with E-state index in [1.807, 2.05) is 30.3 Å². The Balaban J connectivity index is 1.81. The topological polar surface area (TPSA) is 86.8 Å². The quantitative estimate of drug-likeness (QED) is 0.231. The Hall–Kier alpha value is -3.92. The highest BCUT2D eigenvalue weighted by molar-refractivity contribution is 7.92. The predicted molar refractivity (Wildman–Crippen MR) is 162 cm³/mol. The fraction of sp³-hybridized carbons (Fsp3) is 0.161. The van der Waals surface area contributed by atoms with Crippen LogP contribution in [0.3, 0.4) is 0 Å². The van der Waals surface area contributed by atoms with Gasteiger partial charge in [-0.25, -0.2) is 12.8 Å². The summed E-state index contributed by atoms with van der Waals surface area (Å²) in [7, 11) is -2.86. The Kier molecular flexibility index (Phi) is 10.2. The summed E-state index contributed by atoms with van der Waals surface area (Å²) in [5.74, 6) is -1.59. The second kappa shape index (κ2) is 13.8. The molecule has 0 saturated carbocycles. The first-order valence-electron chi connectivity index (χ1n) is 12.9. The van der Waals surface area contributed by atoms with Gasteiger partial charge in [0.2, 0.25) is 11.8 Å². The van der Waals surface area contributed by atoms with Crippen LogP contribution in [0.5, 0.6) is 0 Å². The van der Waals surface area contributed by atoms with E-state index in [0.717, 1.165) is 9.87 Å². The number of carbonyl (C=O) groups is 2. The molecular weight excluding hydrogens is 600 g/mol. The van der Waals surface area contributed by atoms with Crippen molar-refractivity contribution in [2.75, 3.05) is 17.9 Å². The molecule has 0 unspecified atom stereocenters. The van der Waals surface area contributed by atoms with Crippen LogP contribution in [0, 0.1) is 5.82 Å². The highest BCUT2D eigenvalue weighted by Gasteiger charge is 2.35. The van der Waals surface area contributed by atoms with Crippen molar-refractivity contribution in [1.82, 2.24) is 10.2 Å². The highest BCUT2D eigenvalue weighted by atomic mass is 35.5. The lowest BCUT2D eigenvalue weighted by molar-refractivity contribution is -0.139. The van der Waals surface area contributed by atoms with E-state index < -0.39 is 40.2 Å². The Labute approximate surface area is 254 Å². The Morgan fingerprint density at radius 2 is 1.48 bits per heavy atom. The van der Waals surface area contributed by atoms with Gasteiger partial charge in [-0.3, -0.25) is 13.9 Å². The first-order chi connectivity index (χ1) is 20.1. The third kappa shape index (κ3) is 7.47. The second-order valence-corrected chi connectivity index (χ2v) is 12.1. The van der Waals surface area contributed by atoms with Gasteiger partial charge in [0, 0.05) is 25.0 Å². The van der Waals surface area contributed by atoms with E-state index in [1.54, 1.807) is 18.2 Å². The molecule has 0 aromatic heterocycles. The second-order valence-electron chi connectivity index (χ2n) is 9.39. The van der Waals surface area contributed by atoms with Crippen LogP contribution in [0.4, 0.5) is 10.1 Å². The monoisotopic (exact) mass is 627 g/mol. The largest absolute Gasteiger partial charge is 0.357 e. The molecule has 4 aromatic rings. The number of amides is 2. The zero-order valence-electron chi connectivity index (χ0n) is 22.6. The SMILES string of the molecule is CNC(=O)[C@@H](Cc1ccccc1)N(Cc1ccc(F)cc1)C(=O)CN(c1cc(Cl)ccc1Cl)S(=O)(=O)c1ccccc1. The molecule has 4 rings (SSSR count). The van der Waals surface area contributed by atoms with Crippen molar-refractivity contribution in [2.45, 2.75) is 23.9 Å². The molecule has 1 N–H and O–H groups in total. The minimum atomic E-state index is -4.32. The zero-order chi connectivity index (χ0) is 30.3. The number of anilines is 1. The summed E-state index contributed by atoms with van der Waals surface area (Å²) in [4.78, 5) is 28.7. The number of rotatable bonds is 11. The van der Waals surface area contributed by atoms with Gasteiger partial charge in [0.05, 0.1) is 15.6 Å². The van der Waals surface area contributed by atoms with E-state index in [1.165, 1.54) is 66.5 Å². The smallest absolute Gasteiger partial charge is 0.264 e. The Bertz CT molecular complexity index is 1640. The molecule has 11 heteroatoms. The van der Waals surface area contributed by atoms with Gasteiger partial charge in [-0.05, 0) is 53.6 Å². The van der Waals surface area contributed by atoms with Crippen LogP contribution >= 0.6 is 23.2 Å². The summed E-state index contributed by atoms with van der Waals surface area (Å²) in [6.45, 7) is -0.784. The van der Waals surface area contributed by atoms with Gasteiger partial charge in [-0.1, -0.05) is 83.9 Å². The van der Waals surface area contributed by atoms with Crippen LogP contribution in [-0.2, 0) is 32.6 Å². The van der Waals surface area contributed by atoms with Crippen LogP contribution < -0.4 is 9.62 Å². The molecule has 0 bridgehead atoms. The maximum absolute atomic E-state index is 14.2. The molecular formula is C31H28Cl2FN3O4S. The summed E-state index contributed by atoms with van der Waals surface area (Å²) in [6.07, 6.45) is 0.150. The molecule has 0 radical (unpaired) electrons. The lowest BCUT2D eigenvalue weighted by Crippen LogP contribution is -2.53. The van der Waals surface area contributed by atoms with E-state index in [2.05, 4.69) is 5.32 Å². The molecule has 0 aliphatic heterocycles.